The lowest BCUT2D eigenvalue weighted by Gasteiger charge is -2.03. The lowest BCUT2D eigenvalue weighted by Crippen LogP contribution is -2.04. The van der Waals surface area contributed by atoms with Crippen LogP contribution in [0.25, 0.3) is 16.9 Å². The van der Waals surface area contributed by atoms with E-state index in [1.54, 1.807) is 22.7 Å². The van der Waals surface area contributed by atoms with Gasteiger partial charge in [-0.1, -0.05) is 6.07 Å². The lowest BCUT2D eigenvalue weighted by molar-refractivity contribution is -0.136. The van der Waals surface area contributed by atoms with Gasteiger partial charge in [0.15, 0.2) is 0 Å². The summed E-state index contributed by atoms with van der Waals surface area (Å²) < 4.78 is 14.8. The van der Waals surface area contributed by atoms with Gasteiger partial charge in [0.05, 0.1) is 17.8 Å². The zero-order valence-electron chi connectivity index (χ0n) is 11.4. The highest BCUT2D eigenvalue weighted by Gasteiger charge is 2.17. The summed E-state index contributed by atoms with van der Waals surface area (Å²) in [5.41, 5.74) is 3.54. The Kier molecular flexibility index (Phi) is 3.17. The smallest absolute Gasteiger partial charge is 0.309 e. The average Bonchev–Trinajstić information content (AvgIpc) is 2.80. The average molecular weight is 284 g/mol. The van der Waals surface area contributed by atoms with Crippen molar-refractivity contribution in [2.24, 2.45) is 0 Å². The minimum Gasteiger partial charge on any atom is -0.481 e. The minimum atomic E-state index is -0.929. The highest BCUT2D eigenvalue weighted by molar-refractivity contribution is 5.76. The molecule has 3 rings (SSSR count). The first-order chi connectivity index (χ1) is 10.1. The van der Waals surface area contributed by atoms with Gasteiger partial charge in [-0.05, 0) is 42.8 Å². The molecule has 0 atom stereocenters. The Balaban J connectivity index is 2.27. The van der Waals surface area contributed by atoms with Crippen LogP contribution in [0, 0.1) is 12.7 Å². The summed E-state index contributed by atoms with van der Waals surface area (Å²) in [6.45, 7) is 1.92. The fourth-order valence-corrected chi connectivity index (χ4v) is 2.40. The predicted molar refractivity (Wildman–Crippen MR) is 76.7 cm³/mol. The van der Waals surface area contributed by atoms with E-state index in [1.165, 1.54) is 12.1 Å². The molecule has 0 saturated carbocycles. The lowest BCUT2D eigenvalue weighted by atomic mass is 10.1. The van der Waals surface area contributed by atoms with Gasteiger partial charge in [0, 0.05) is 11.8 Å². The summed E-state index contributed by atoms with van der Waals surface area (Å²) in [5, 5.41) is 9.13. The van der Waals surface area contributed by atoms with E-state index >= 15 is 0 Å². The van der Waals surface area contributed by atoms with E-state index in [2.05, 4.69) is 4.98 Å². The maximum absolute atomic E-state index is 13.1. The van der Waals surface area contributed by atoms with Crippen molar-refractivity contribution < 1.29 is 14.3 Å². The highest BCUT2D eigenvalue weighted by atomic mass is 19.1. The van der Waals surface area contributed by atoms with Crippen LogP contribution in [0.3, 0.4) is 0 Å². The van der Waals surface area contributed by atoms with E-state index in [9.17, 15) is 9.18 Å². The first-order valence-corrected chi connectivity index (χ1v) is 6.50. The van der Waals surface area contributed by atoms with Crippen LogP contribution in [0.5, 0.6) is 0 Å². The zero-order valence-corrected chi connectivity index (χ0v) is 11.4. The molecule has 1 N–H and O–H groups in total. The molecule has 0 fully saturated rings. The van der Waals surface area contributed by atoms with E-state index in [1.807, 2.05) is 19.1 Å². The number of imidazole rings is 1. The van der Waals surface area contributed by atoms with Crippen molar-refractivity contribution in [3.63, 3.8) is 0 Å². The van der Waals surface area contributed by atoms with Gasteiger partial charge >= 0.3 is 5.97 Å². The van der Waals surface area contributed by atoms with Crippen LogP contribution in [-0.4, -0.2) is 20.5 Å². The number of pyridine rings is 1. The number of hydrogen-bond donors (Lipinski definition) is 1. The molecule has 2 aromatic heterocycles. The molecule has 21 heavy (non-hydrogen) atoms. The van der Waals surface area contributed by atoms with E-state index < -0.39 is 5.97 Å². The van der Waals surface area contributed by atoms with Crippen LogP contribution < -0.4 is 0 Å². The third kappa shape index (κ3) is 2.38. The quantitative estimate of drug-likeness (QED) is 0.804. The van der Waals surface area contributed by atoms with E-state index in [0.717, 1.165) is 5.56 Å². The van der Waals surface area contributed by atoms with Gasteiger partial charge in [-0.2, -0.15) is 0 Å². The third-order valence-electron chi connectivity index (χ3n) is 3.38. The highest BCUT2D eigenvalue weighted by Crippen LogP contribution is 2.26. The monoisotopic (exact) mass is 284 g/mol. The van der Waals surface area contributed by atoms with Crippen LogP contribution in [-0.2, 0) is 11.2 Å². The van der Waals surface area contributed by atoms with Gasteiger partial charge < -0.3 is 9.51 Å². The van der Waals surface area contributed by atoms with Crippen molar-refractivity contribution in [1.29, 1.82) is 0 Å². The van der Waals surface area contributed by atoms with Gasteiger partial charge in [-0.3, -0.25) is 4.79 Å². The molecule has 0 bridgehead atoms. The summed E-state index contributed by atoms with van der Waals surface area (Å²) in [4.78, 5) is 15.7. The normalized spacial score (nSPS) is 11.0. The van der Waals surface area contributed by atoms with Crippen molar-refractivity contribution in [3.05, 3.63) is 59.7 Å². The first-order valence-electron chi connectivity index (χ1n) is 6.50. The number of benzene rings is 1. The molecule has 106 valence electrons. The molecule has 0 aliphatic heterocycles. The van der Waals surface area contributed by atoms with Crippen LogP contribution in [0.4, 0.5) is 4.39 Å². The Bertz CT molecular complexity index is 822. The van der Waals surface area contributed by atoms with Crippen LogP contribution in [0.15, 0.2) is 42.6 Å². The fraction of sp³-hybridized carbons (Fsp3) is 0.125. The maximum atomic E-state index is 13.1. The number of carboxylic acids is 1. The number of aryl methyl sites for hydroxylation is 1. The van der Waals surface area contributed by atoms with Crippen LogP contribution >= 0.6 is 0 Å². The Morgan fingerprint density at radius 3 is 2.67 bits per heavy atom. The molecule has 0 unspecified atom stereocenters. The molecule has 0 spiro atoms. The Morgan fingerprint density at radius 1 is 1.29 bits per heavy atom. The zero-order chi connectivity index (χ0) is 15.0. The van der Waals surface area contributed by atoms with Gasteiger partial charge in [-0.15, -0.1) is 0 Å². The van der Waals surface area contributed by atoms with E-state index in [4.69, 9.17) is 5.11 Å². The molecule has 0 radical (unpaired) electrons. The van der Waals surface area contributed by atoms with Crippen molar-refractivity contribution >= 4 is 11.6 Å². The van der Waals surface area contributed by atoms with E-state index in [0.29, 0.717) is 22.6 Å². The second-order valence-electron chi connectivity index (χ2n) is 4.87. The summed E-state index contributed by atoms with van der Waals surface area (Å²) in [5.74, 6) is -1.26. The summed E-state index contributed by atoms with van der Waals surface area (Å²) >= 11 is 0. The molecule has 0 aliphatic carbocycles. The third-order valence-corrected chi connectivity index (χ3v) is 3.38. The molecule has 5 heteroatoms. The van der Waals surface area contributed by atoms with Gasteiger partial charge in [-0.25, -0.2) is 9.37 Å². The maximum Gasteiger partial charge on any atom is 0.309 e. The molecule has 3 aromatic rings. The number of nitrogens with zero attached hydrogens (tertiary/aromatic N) is 2. The summed E-state index contributed by atoms with van der Waals surface area (Å²) in [6.07, 6.45) is 1.65. The molecular formula is C16H13FN2O2. The molecular weight excluding hydrogens is 271 g/mol. The number of hydrogen-bond acceptors (Lipinski definition) is 2. The fourth-order valence-electron chi connectivity index (χ4n) is 2.40. The standard InChI is InChI=1S/C16H13FN2O2/c1-10-3-2-8-19-13(9-14(20)21)15(18-16(10)19)11-4-6-12(17)7-5-11/h2-8H,9H2,1H3,(H,20,21). The Labute approximate surface area is 120 Å². The van der Waals surface area contributed by atoms with Crippen molar-refractivity contribution in [3.8, 4) is 11.3 Å². The second kappa shape index (κ2) is 5.01. The minimum absolute atomic E-state index is 0.142. The number of rotatable bonds is 3. The van der Waals surface area contributed by atoms with Crippen LogP contribution in [0.2, 0.25) is 0 Å². The van der Waals surface area contributed by atoms with Gasteiger partial charge in [0.2, 0.25) is 0 Å². The number of aromatic nitrogens is 2. The van der Waals surface area contributed by atoms with Gasteiger partial charge in [0.25, 0.3) is 0 Å². The molecule has 0 amide bonds. The number of carbonyl (C=O) groups is 1. The first kappa shape index (κ1) is 13.3. The molecule has 0 aliphatic rings. The van der Waals surface area contributed by atoms with Gasteiger partial charge in [0.1, 0.15) is 11.5 Å². The topological polar surface area (TPSA) is 54.6 Å². The van der Waals surface area contributed by atoms with Crippen LogP contribution in [0.1, 0.15) is 11.3 Å². The number of halogens is 1. The SMILES string of the molecule is Cc1cccn2c(CC(=O)O)c(-c3ccc(F)cc3)nc12. The van der Waals surface area contributed by atoms with Crippen molar-refractivity contribution in [1.82, 2.24) is 9.38 Å². The molecule has 2 heterocycles. The number of aliphatic carboxylic acids is 1. The summed E-state index contributed by atoms with van der Waals surface area (Å²) in [6, 6.07) is 9.67. The number of fused-ring (bicyclic) bond motifs is 1. The second-order valence-corrected chi connectivity index (χ2v) is 4.87. The van der Waals surface area contributed by atoms with E-state index in [-0.39, 0.29) is 12.2 Å². The molecule has 1 aromatic carbocycles. The Morgan fingerprint density at radius 2 is 2.00 bits per heavy atom. The molecule has 0 saturated heterocycles. The van der Waals surface area contributed by atoms with Crippen molar-refractivity contribution in [2.45, 2.75) is 13.3 Å². The number of carboxylic acid groups (broad SMARTS) is 1. The molecule has 4 nitrogen and oxygen atoms in total. The predicted octanol–water partition coefficient (Wildman–Crippen LogP) is 3.08. The summed E-state index contributed by atoms with van der Waals surface area (Å²) in [7, 11) is 0. The Hall–Kier alpha value is -2.69. The van der Waals surface area contributed by atoms with Crippen molar-refractivity contribution in [2.75, 3.05) is 0 Å². The largest absolute Gasteiger partial charge is 0.481 e.